The minimum absolute atomic E-state index is 0.0477. The lowest BCUT2D eigenvalue weighted by molar-refractivity contribution is -0.164. The minimum atomic E-state index is -4.59. The third kappa shape index (κ3) is 5.72. The molecule has 3 rings (SSSR count). The molecule has 0 radical (unpaired) electrons. The Kier molecular flexibility index (Phi) is 7.45. The van der Waals surface area contributed by atoms with Crippen LogP contribution in [-0.2, 0) is 17.2 Å². The van der Waals surface area contributed by atoms with Gasteiger partial charge in [0.25, 0.3) is 0 Å². The largest absolute Gasteiger partial charge is 0.480 e. The number of imidazole rings is 1. The van der Waals surface area contributed by atoms with Gasteiger partial charge >= 0.3 is 6.18 Å². The SMILES string of the molecule is C=C/C(F)=C\C(OCC(F)(F)F)=C(/C)Oc1ncc2nc(C3(C)CCSCC3)n(C)c2c1C. The van der Waals surface area contributed by atoms with E-state index in [1.807, 2.05) is 23.4 Å². The zero-order valence-electron chi connectivity index (χ0n) is 19.1. The second-order valence-electron chi connectivity index (χ2n) is 8.25. The van der Waals surface area contributed by atoms with Gasteiger partial charge in [-0.2, -0.15) is 24.9 Å². The summed E-state index contributed by atoms with van der Waals surface area (Å²) in [6, 6.07) is 0. The average Bonchev–Trinajstić information content (AvgIpc) is 3.10. The average molecular weight is 486 g/mol. The molecule has 0 atom stereocenters. The number of alkyl halides is 3. The van der Waals surface area contributed by atoms with Gasteiger partial charge in [0.1, 0.15) is 22.9 Å². The van der Waals surface area contributed by atoms with E-state index in [0.717, 1.165) is 47.8 Å². The molecule has 0 unspecified atom stereocenters. The van der Waals surface area contributed by atoms with E-state index in [1.54, 1.807) is 13.1 Å². The lowest BCUT2D eigenvalue weighted by atomic mass is 9.83. The first-order valence-electron chi connectivity index (χ1n) is 10.4. The van der Waals surface area contributed by atoms with Gasteiger partial charge in [-0.15, -0.1) is 0 Å². The smallest absolute Gasteiger partial charge is 0.422 e. The Morgan fingerprint density at radius 1 is 1.33 bits per heavy atom. The fourth-order valence-corrected chi connectivity index (χ4v) is 5.24. The number of halogens is 4. The molecule has 1 aliphatic heterocycles. The maximum Gasteiger partial charge on any atom is 0.422 e. The molecule has 1 fully saturated rings. The quantitative estimate of drug-likeness (QED) is 0.262. The van der Waals surface area contributed by atoms with Crippen molar-refractivity contribution < 1.29 is 27.0 Å². The maximum absolute atomic E-state index is 13.7. The highest BCUT2D eigenvalue weighted by Crippen LogP contribution is 2.39. The molecule has 1 aliphatic rings. The van der Waals surface area contributed by atoms with Crippen LogP contribution in [0.3, 0.4) is 0 Å². The summed E-state index contributed by atoms with van der Waals surface area (Å²) < 4.78 is 64.2. The Balaban J connectivity index is 1.99. The topological polar surface area (TPSA) is 49.2 Å². The molecule has 0 aromatic carbocycles. The number of rotatable bonds is 7. The van der Waals surface area contributed by atoms with Crippen LogP contribution in [0.5, 0.6) is 5.88 Å². The fourth-order valence-electron chi connectivity index (χ4n) is 3.84. The van der Waals surface area contributed by atoms with Crippen LogP contribution >= 0.6 is 11.8 Å². The molecule has 0 aliphatic carbocycles. The zero-order valence-corrected chi connectivity index (χ0v) is 19.9. The second kappa shape index (κ2) is 9.79. The van der Waals surface area contributed by atoms with Gasteiger partial charge in [0.05, 0.1) is 11.7 Å². The van der Waals surface area contributed by atoms with E-state index >= 15 is 0 Å². The van der Waals surface area contributed by atoms with Gasteiger partial charge in [0, 0.05) is 24.1 Å². The molecule has 2 aromatic heterocycles. The molecule has 0 N–H and O–H groups in total. The summed E-state index contributed by atoms with van der Waals surface area (Å²) in [6.45, 7) is 7.08. The predicted octanol–water partition coefficient (Wildman–Crippen LogP) is 6.29. The summed E-state index contributed by atoms with van der Waals surface area (Å²) in [5.41, 5.74) is 2.16. The lowest BCUT2D eigenvalue weighted by Gasteiger charge is -2.32. The third-order valence-electron chi connectivity index (χ3n) is 5.69. The Bertz CT molecular complexity index is 1100. The van der Waals surface area contributed by atoms with Crippen LogP contribution in [-0.4, -0.2) is 38.8 Å². The highest BCUT2D eigenvalue weighted by molar-refractivity contribution is 7.99. The van der Waals surface area contributed by atoms with Crippen LogP contribution in [0.2, 0.25) is 0 Å². The Morgan fingerprint density at radius 2 is 2.00 bits per heavy atom. The first-order valence-corrected chi connectivity index (χ1v) is 11.6. The molecular weight excluding hydrogens is 458 g/mol. The molecule has 5 nitrogen and oxygen atoms in total. The van der Waals surface area contributed by atoms with Gasteiger partial charge in [-0.3, -0.25) is 0 Å². The second-order valence-corrected chi connectivity index (χ2v) is 9.47. The molecule has 0 spiro atoms. The van der Waals surface area contributed by atoms with Crippen molar-refractivity contribution in [1.82, 2.24) is 14.5 Å². The molecule has 0 bridgehead atoms. The van der Waals surface area contributed by atoms with Crippen molar-refractivity contribution in [3.8, 4) is 5.88 Å². The molecular formula is C23H27F4N3O2S. The summed E-state index contributed by atoms with van der Waals surface area (Å²) in [6.07, 6.45) is 0.691. The normalized spacial score (nSPS) is 17.6. The minimum Gasteiger partial charge on any atom is -0.480 e. The van der Waals surface area contributed by atoms with Crippen molar-refractivity contribution in [3.63, 3.8) is 0 Å². The van der Waals surface area contributed by atoms with Crippen LogP contribution in [0, 0.1) is 6.92 Å². The molecule has 2 aromatic rings. The van der Waals surface area contributed by atoms with Crippen molar-refractivity contribution >= 4 is 22.8 Å². The van der Waals surface area contributed by atoms with Gasteiger partial charge in [-0.1, -0.05) is 13.5 Å². The first kappa shape index (κ1) is 25.1. The summed E-state index contributed by atoms with van der Waals surface area (Å²) in [5.74, 6) is 1.98. The molecule has 1 saturated heterocycles. The summed E-state index contributed by atoms with van der Waals surface area (Å²) in [7, 11) is 1.94. The van der Waals surface area contributed by atoms with Crippen molar-refractivity contribution in [2.24, 2.45) is 7.05 Å². The standard InChI is InChI=1S/C23H27F4N3O2S/c1-6-16(24)11-18(31-13-23(25,26)27)15(3)32-20-14(2)19-17(12-28-20)29-21(30(19)5)22(4)7-9-33-10-8-22/h6,11-12H,1,7-10,13H2,2-5H3/b16-11+,18-15-. The highest BCUT2D eigenvalue weighted by atomic mass is 32.2. The predicted molar refractivity (Wildman–Crippen MR) is 122 cm³/mol. The number of pyridine rings is 1. The number of nitrogens with zero attached hydrogens (tertiary/aromatic N) is 3. The molecule has 180 valence electrons. The lowest BCUT2D eigenvalue weighted by Crippen LogP contribution is -2.30. The van der Waals surface area contributed by atoms with Crippen molar-refractivity contribution in [2.45, 2.75) is 45.2 Å². The van der Waals surface area contributed by atoms with Gasteiger partial charge in [-0.25, -0.2) is 14.4 Å². The number of ether oxygens (including phenoxy) is 2. The Morgan fingerprint density at radius 3 is 2.61 bits per heavy atom. The first-order chi connectivity index (χ1) is 15.4. The van der Waals surface area contributed by atoms with E-state index in [1.165, 1.54) is 6.92 Å². The van der Waals surface area contributed by atoms with E-state index in [9.17, 15) is 17.6 Å². The van der Waals surface area contributed by atoms with Gasteiger partial charge < -0.3 is 14.0 Å². The van der Waals surface area contributed by atoms with Crippen LogP contribution in [0.1, 0.15) is 38.1 Å². The van der Waals surface area contributed by atoms with Crippen LogP contribution in [0.4, 0.5) is 17.6 Å². The fraction of sp³-hybridized carbons (Fsp3) is 0.478. The number of fused-ring (bicyclic) bond motifs is 1. The number of allylic oxidation sites excluding steroid dienone is 4. The summed E-state index contributed by atoms with van der Waals surface area (Å²) in [4.78, 5) is 9.15. The van der Waals surface area contributed by atoms with Gasteiger partial charge in [0.2, 0.25) is 5.88 Å². The van der Waals surface area contributed by atoms with E-state index in [0.29, 0.717) is 11.1 Å². The van der Waals surface area contributed by atoms with Crippen molar-refractivity contribution in [1.29, 1.82) is 0 Å². The van der Waals surface area contributed by atoms with Crippen LogP contribution in [0.15, 0.2) is 42.3 Å². The number of aryl methyl sites for hydroxylation is 2. The molecule has 33 heavy (non-hydrogen) atoms. The number of thioether (sulfide) groups is 1. The summed E-state index contributed by atoms with van der Waals surface area (Å²) >= 11 is 1.94. The van der Waals surface area contributed by atoms with Gasteiger partial charge in [-0.05, 0) is 44.3 Å². The van der Waals surface area contributed by atoms with Crippen LogP contribution in [0.25, 0.3) is 11.0 Å². The van der Waals surface area contributed by atoms with E-state index in [2.05, 4.69) is 18.5 Å². The Hall–Kier alpha value is -2.49. The number of hydrogen-bond acceptors (Lipinski definition) is 5. The molecule has 10 heteroatoms. The zero-order chi connectivity index (χ0) is 24.4. The van der Waals surface area contributed by atoms with Crippen molar-refractivity contribution in [3.05, 3.63) is 53.7 Å². The Labute approximate surface area is 194 Å². The van der Waals surface area contributed by atoms with E-state index < -0.39 is 24.4 Å². The number of hydrogen-bond donors (Lipinski definition) is 0. The third-order valence-corrected chi connectivity index (χ3v) is 6.68. The highest BCUT2D eigenvalue weighted by Gasteiger charge is 2.34. The monoisotopic (exact) mass is 485 g/mol. The van der Waals surface area contributed by atoms with Gasteiger partial charge in [0.15, 0.2) is 12.4 Å². The van der Waals surface area contributed by atoms with Crippen LogP contribution < -0.4 is 4.74 Å². The maximum atomic E-state index is 13.7. The number of aromatic nitrogens is 3. The van der Waals surface area contributed by atoms with E-state index in [4.69, 9.17) is 14.5 Å². The van der Waals surface area contributed by atoms with Crippen molar-refractivity contribution in [2.75, 3.05) is 18.1 Å². The summed E-state index contributed by atoms with van der Waals surface area (Å²) in [5, 5.41) is 0. The van der Waals surface area contributed by atoms with E-state index in [-0.39, 0.29) is 17.1 Å². The molecule has 0 amide bonds. The molecule has 0 saturated carbocycles. The molecule has 3 heterocycles.